The molecule has 1 aliphatic rings. The van der Waals surface area contributed by atoms with E-state index in [-0.39, 0.29) is 0 Å². The third-order valence-electron chi connectivity index (χ3n) is 2.10. The normalized spacial score (nSPS) is 14.4. The molecule has 0 atom stereocenters. The smallest absolute Gasteiger partial charge is 0.122 e. The van der Waals surface area contributed by atoms with Crippen molar-refractivity contribution in [3.05, 3.63) is 27.7 Å². The highest BCUT2D eigenvalue weighted by Crippen LogP contribution is 2.32. The zero-order valence-electron chi connectivity index (χ0n) is 6.36. The van der Waals surface area contributed by atoms with Crippen LogP contribution in [-0.2, 0) is 6.42 Å². The Balaban J connectivity index is 2.62. The molecule has 0 N–H and O–H groups in total. The van der Waals surface area contributed by atoms with Gasteiger partial charge in [-0.1, -0.05) is 15.9 Å². The van der Waals surface area contributed by atoms with Crippen LogP contribution in [0.2, 0.25) is 0 Å². The van der Waals surface area contributed by atoms with E-state index >= 15 is 0 Å². The SMILES string of the molecule is Cc1c(Br)ccc2c1CCO2. The summed E-state index contributed by atoms with van der Waals surface area (Å²) < 4.78 is 6.60. The van der Waals surface area contributed by atoms with Crippen LogP contribution in [0.1, 0.15) is 11.1 Å². The van der Waals surface area contributed by atoms with Crippen molar-refractivity contribution in [1.82, 2.24) is 0 Å². The number of hydrogen-bond donors (Lipinski definition) is 0. The van der Waals surface area contributed by atoms with E-state index in [0.29, 0.717) is 0 Å². The van der Waals surface area contributed by atoms with E-state index in [1.54, 1.807) is 0 Å². The Morgan fingerprint density at radius 2 is 2.27 bits per heavy atom. The molecule has 1 aliphatic heterocycles. The zero-order valence-corrected chi connectivity index (χ0v) is 7.94. The van der Waals surface area contributed by atoms with Gasteiger partial charge in [0.25, 0.3) is 0 Å². The van der Waals surface area contributed by atoms with Crippen LogP contribution in [-0.4, -0.2) is 6.61 Å². The fraction of sp³-hybridized carbons (Fsp3) is 0.333. The summed E-state index contributed by atoms with van der Waals surface area (Å²) >= 11 is 3.49. The lowest BCUT2D eigenvalue weighted by atomic mass is 10.1. The second-order valence-corrected chi connectivity index (χ2v) is 3.60. The predicted molar refractivity (Wildman–Crippen MR) is 48.1 cm³/mol. The first-order valence-electron chi connectivity index (χ1n) is 3.70. The van der Waals surface area contributed by atoms with Crippen LogP contribution >= 0.6 is 15.9 Å². The number of rotatable bonds is 0. The maximum absolute atomic E-state index is 5.41. The summed E-state index contributed by atoms with van der Waals surface area (Å²) in [7, 11) is 0. The first-order chi connectivity index (χ1) is 5.29. The van der Waals surface area contributed by atoms with Crippen molar-refractivity contribution < 1.29 is 4.74 Å². The molecule has 0 unspecified atom stereocenters. The maximum Gasteiger partial charge on any atom is 0.122 e. The minimum atomic E-state index is 0.840. The number of halogens is 1. The van der Waals surface area contributed by atoms with E-state index in [0.717, 1.165) is 18.8 Å². The van der Waals surface area contributed by atoms with E-state index in [9.17, 15) is 0 Å². The molecule has 0 amide bonds. The van der Waals surface area contributed by atoms with Gasteiger partial charge >= 0.3 is 0 Å². The molecule has 1 aromatic carbocycles. The average molecular weight is 213 g/mol. The van der Waals surface area contributed by atoms with Crippen LogP contribution in [0, 0.1) is 6.92 Å². The highest BCUT2D eigenvalue weighted by Gasteiger charge is 2.14. The number of ether oxygens (including phenoxy) is 1. The predicted octanol–water partition coefficient (Wildman–Crippen LogP) is 2.69. The molecular formula is C9H9BrO. The summed E-state index contributed by atoms with van der Waals surface area (Å²) in [6.45, 7) is 2.96. The van der Waals surface area contributed by atoms with Crippen molar-refractivity contribution in [3.8, 4) is 5.75 Å². The monoisotopic (exact) mass is 212 g/mol. The highest BCUT2D eigenvalue weighted by atomic mass is 79.9. The third-order valence-corrected chi connectivity index (χ3v) is 2.96. The van der Waals surface area contributed by atoms with Gasteiger partial charge in [0.1, 0.15) is 5.75 Å². The molecule has 0 saturated carbocycles. The summed E-state index contributed by atoms with van der Waals surface area (Å²) in [6.07, 6.45) is 1.06. The lowest BCUT2D eigenvalue weighted by molar-refractivity contribution is 0.357. The van der Waals surface area contributed by atoms with Crippen LogP contribution in [0.3, 0.4) is 0 Å². The van der Waals surface area contributed by atoms with Crippen LogP contribution in [0.5, 0.6) is 5.75 Å². The number of fused-ring (bicyclic) bond motifs is 1. The molecule has 0 bridgehead atoms. The van der Waals surface area contributed by atoms with Gasteiger partial charge in [-0.15, -0.1) is 0 Å². The standard InChI is InChI=1S/C9H9BrO/c1-6-7-4-5-11-9(7)3-2-8(6)10/h2-3H,4-5H2,1H3. The van der Waals surface area contributed by atoms with Gasteiger partial charge < -0.3 is 4.74 Å². The van der Waals surface area contributed by atoms with Crippen molar-refractivity contribution in [2.75, 3.05) is 6.61 Å². The Labute approximate surface area is 74.5 Å². The quantitative estimate of drug-likeness (QED) is 0.643. The fourth-order valence-electron chi connectivity index (χ4n) is 1.41. The van der Waals surface area contributed by atoms with Crippen molar-refractivity contribution in [3.63, 3.8) is 0 Å². The molecule has 2 rings (SSSR count). The molecule has 58 valence electrons. The van der Waals surface area contributed by atoms with Gasteiger partial charge in [-0.2, -0.15) is 0 Å². The summed E-state index contributed by atoms with van der Waals surface area (Å²) in [6, 6.07) is 4.07. The van der Waals surface area contributed by atoms with E-state index < -0.39 is 0 Å². The third kappa shape index (κ3) is 1.06. The largest absolute Gasteiger partial charge is 0.493 e. The summed E-state index contributed by atoms with van der Waals surface area (Å²) in [5, 5.41) is 0. The zero-order chi connectivity index (χ0) is 7.84. The van der Waals surface area contributed by atoms with Crippen molar-refractivity contribution in [2.24, 2.45) is 0 Å². The minimum Gasteiger partial charge on any atom is -0.493 e. The lowest BCUT2D eigenvalue weighted by Gasteiger charge is -2.03. The van der Waals surface area contributed by atoms with Gasteiger partial charge in [0.2, 0.25) is 0 Å². The molecule has 1 nitrogen and oxygen atoms in total. The van der Waals surface area contributed by atoms with Gasteiger partial charge in [-0.25, -0.2) is 0 Å². The van der Waals surface area contributed by atoms with Crippen LogP contribution in [0.25, 0.3) is 0 Å². The van der Waals surface area contributed by atoms with E-state index in [1.807, 2.05) is 12.1 Å². The minimum absolute atomic E-state index is 0.840. The molecule has 0 spiro atoms. The molecular weight excluding hydrogens is 204 g/mol. The average Bonchev–Trinajstić information content (AvgIpc) is 2.45. The van der Waals surface area contributed by atoms with Gasteiger partial charge in [0.15, 0.2) is 0 Å². The van der Waals surface area contributed by atoms with E-state index in [1.165, 1.54) is 15.6 Å². The van der Waals surface area contributed by atoms with Gasteiger partial charge in [-0.05, 0) is 24.6 Å². The molecule has 1 aromatic rings. The topological polar surface area (TPSA) is 9.23 Å². The molecule has 0 saturated heterocycles. The molecule has 11 heavy (non-hydrogen) atoms. The van der Waals surface area contributed by atoms with E-state index in [2.05, 4.69) is 22.9 Å². The Morgan fingerprint density at radius 3 is 3.09 bits per heavy atom. The molecule has 0 aromatic heterocycles. The van der Waals surface area contributed by atoms with Gasteiger partial charge in [0.05, 0.1) is 6.61 Å². The molecule has 2 heteroatoms. The first-order valence-corrected chi connectivity index (χ1v) is 4.49. The van der Waals surface area contributed by atoms with Crippen molar-refractivity contribution in [2.45, 2.75) is 13.3 Å². The first kappa shape index (κ1) is 7.17. The highest BCUT2D eigenvalue weighted by molar-refractivity contribution is 9.10. The van der Waals surface area contributed by atoms with E-state index in [4.69, 9.17) is 4.74 Å². The Hall–Kier alpha value is -0.500. The van der Waals surface area contributed by atoms with Crippen molar-refractivity contribution >= 4 is 15.9 Å². The summed E-state index contributed by atoms with van der Waals surface area (Å²) in [5.74, 6) is 1.06. The Kier molecular flexibility index (Phi) is 1.64. The van der Waals surface area contributed by atoms with Crippen LogP contribution in [0.4, 0.5) is 0 Å². The van der Waals surface area contributed by atoms with Gasteiger partial charge in [-0.3, -0.25) is 0 Å². The lowest BCUT2D eigenvalue weighted by Crippen LogP contribution is -1.86. The molecule has 0 aliphatic carbocycles. The number of benzene rings is 1. The summed E-state index contributed by atoms with van der Waals surface area (Å²) in [4.78, 5) is 0. The fourth-order valence-corrected chi connectivity index (χ4v) is 1.78. The maximum atomic E-state index is 5.41. The Bertz CT molecular complexity index is 294. The van der Waals surface area contributed by atoms with Crippen molar-refractivity contribution in [1.29, 1.82) is 0 Å². The van der Waals surface area contributed by atoms with Crippen LogP contribution < -0.4 is 4.74 Å². The molecule has 1 heterocycles. The number of hydrogen-bond acceptors (Lipinski definition) is 1. The van der Waals surface area contributed by atoms with Crippen LogP contribution in [0.15, 0.2) is 16.6 Å². The summed E-state index contributed by atoms with van der Waals surface area (Å²) in [5.41, 5.74) is 2.68. The van der Waals surface area contributed by atoms with Gasteiger partial charge in [0, 0.05) is 16.5 Å². The Morgan fingerprint density at radius 1 is 1.45 bits per heavy atom. The molecule has 0 radical (unpaired) electrons. The second-order valence-electron chi connectivity index (χ2n) is 2.75. The second kappa shape index (κ2) is 2.52. The molecule has 0 fully saturated rings.